The fourth-order valence-electron chi connectivity index (χ4n) is 2.98. The van der Waals surface area contributed by atoms with Crippen LogP contribution in [0.4, 0.5) is 11.4 Å². The summed E-state index contributed by atoms with van der Waals surface area (Å²) in [6.07, 6.45) is 4.31. The van der Waals surface area contributed by atoms with Gasteiger partial charge in [0.25, 0.3) is 0 Å². The van der Waals surface area contributed by atoms with E-state index in [1.165, 1.54) is 27.8 Å². The Morgan fingerprint density at radius 1 is 1.17 bits per heavy atom. The molecule has 1 N–H and O–H groups in total. The number of benzene rings is 1. The van der Waals surface area contributed by atoms with Crippen molar-refractivity contribution < 1.29 is 0 Å². The first-order valence-corrected chi connectivity index (χ1v) is 9.93. The summed E-state index contributed by atoms with van der Waals surface area (Å²) in [5.41, 5.74) is 5.10. The molecule has 3 aromatic heterocycles. The number of hydrogen-bond donors (Lipinski definition) is 1. The quantitative estimate of drug-likeness (QED) is 0.442. The molecule has 1 atom stereocenters. The topological polar surface area (TPSA) is 37.8 Å². The van der Waals surface area contributed by atoms with Crippen LogP contribution in [-0.2, 0) is 0 Å². The number of pyridine rings is 1. The maximum Gasteiger partial charge on any atom is 0.125 e. The van der Waals surface area contributed by atoms with Crippen molar-refractivity contribution in [3.8, 4) is 0 Å². The van der Waals surface area contributed by atoms with E-state index in [9.17, 15) is 0 Å². The monoisotopic (exact) mass is 353 g/mol. The lowest BCUT2D eigenvalue weighted by molar-refractivity contribution is 0.675. The van der Waals surface area contributed by atoms with Crippen LogP contribution in [0, 0.1) is 0 Å². The van der Waals surface area contributed by atoms with Gasteiger partial charge in [-0.25, -0.2) is 9.97 Å². The standard InChI is InChI=1S/C19H19N3S2/c1-3-4-12(2)18-10-14-15(7-8-20-19(14)24-18)22-13-5-6-17-16(9-13)21-11-23-17/h5-12H,3-4H2,1-2H3,(H,20,22). The molecule has 0 aliphatic heterocycles. The van der Waals surface area contributed by atoms with Gasteiger partial charge >= 0.3 is 0 Å². The summed E-state index contributed by atoms with van der Waals surface area (Å²) in [4.78, 5) is 11.5. The van der Waals surface area contributed by atoms with Gasteiger partial charge in [-0.1, -0.05) is 20.3 Å². The number of anilines is 2. The normalized spacial score (nSPS) is 12.8. The van der Waals surface area contributed by atoms with Crippen LogP contribution in [0.15, 0.2) is 42.0 Å². The highest BCUT2D eigenvalue weighted by atomic mass is 32.1. The lowest BCUT2D eigenvalue weighted by Crippen LogP contribution is -1.91. The number of rotatable bonds is 5. The fourth-order valence-corrected chi connectivity index (χ4v) is 4.75. The third-order valence-corrected chi connectivity index (χ3v) is 6.36. The molecular weight excluding hydrogens is 334 g/mol. The van der Waals surface area contributed by atoms with Gasteiger partial charge < -0.3 is 5.32 Å². The van der Waals surface area contributed by atoms with E-state index in [4.69, 9.17) is 0 Å². The van der Waals surface area contributed by atoms with Gasteiger partial charge in [0, 0.05) is 22.1 Å². The Hall–Kier alpha value is -1.98. The van der Waals surface area contributed by atoms with E-state index in [0.29, 0.717) is 5.92 Å². The molecule has 1 aromatic carbocycles. The number of nitrogens with one attached hydrogen (secondary N) is 1. The molecule has 122 valence electrons. The molecule has 0 saturated heterocycles. The first-order chi connectivity index (χ1) is 11.7. The van der Waals surface area contributed by atoms with Crippen molar-refractivity contribution in [1.29, 1.82) is 0 Å². The lowest BCUT2D eigenvalue weighted by atomic mass is 10.0. The van der Waals surface area contributed by atoms with Crippen LogP contribution in [-0.4, -0.2) is 9.97 Å². The number of aromatic nitrogens is 2. The average molecular weight is 354 g/mol. The Kier molecular flexibility index (Phi) is 4.21. The van der Waals surface area contributed by atoms with Crippen LogP contribution < -0.4 is 5.32 Å². The molecule has 0 amide bonds. The number of thiophene rings is 1. The summed E-state index contributed by atoms with van der Waals surface area (Å²) in [5.74, 6) is 0.591. The summed E-state index contributed by atoms with van der Waals surface area (Å²) in [6.45, 7) is 4.54. The van der Waals surface area contributed by atoms with Crippen LogP contribution in [0.3, 0.4) is 0 Å². The Bertz CT molecular complexity index is 987. The van der Waals surface area contributed by atoms with Gasteiger partial charge in [-0.15, -0.1) is 22.7 Å². The Morgan fingerprint density at radius 2 is 2.08 bits per heavy atom. The molecule has 0 radical (unpaired) electrons. The van der Waals surface area contributed by atoms with Gasteiger partial charge in [0.15, 0.2) is 0 Å². The number of nitrogens with zero attached hydrogens (tertiary/aromatic N) is 2. The summed E-state index contributed by atoms with van der Waals surface area (Å²) in [7, 11) is 0. The van der Waals surface area contributed by atoms with Crippen molar-refractivity contribution >= 4 is 54.5 Å². The Morgan fingerprint density at radius 3 is 2.96 bits per heavy atom. The second-order valence-electron chi connectivity index (χ2n) is 6.08. The van der Waals surface area contributed by atoms with E-state index >= 15 is 0 Å². The lowest BCUT2D eigenvalue weighted by Gasteiger charge is -2.07. The van der Waals surface area contributed by atoms with E-state index in [1.807, 2.05) is 23.0 Å². The van der Waals surface area contributed by atoms with Gasteiger partial charge in [0.1, 0.15) is 4.83 Å². The highest BCUT2D eigenvalue weighted by molar-refractivity contribution is 7.18. The molecule has 0 spiro atoms. The minimum atomic E-state index is 0.591. The minimum absolute atomic E-state index is 0.591. The van der Waals surface area contributed by atoms with Crippen LogP contribution in [0.2, 0.25) is 0 Å². The molecule has 0 bridgehead atoms. The molecule has 0 aliphatic rings. The van der Waals surface area contributed by atoms with Crippen molar-refractivity contribution in [2.24, 2.45) is 0 Å². The summed E-state index contributed by atoms with van der Waals surface area (Å²) in [6, 6.07) is 10.7. The Balaban J connectivity index is 1.70. The molecule has 5 heteroatoms. The number of hydrogen-bond acceptors (Lipinski definition) is 5. The number of fused-ring (bicyclic) bond motifs is 2. The summed E-state index contributed by atoms with van der Waals surface area (Å²) in [5, 5.41) is 4.75. The summed E-state index contributed by atoms with van der Waals surface area (Å²) >= 11 is 3.48. The second kappa shape index (κ2) is 6.49. The predicted molar refractivity (Wildman–Crippen MR) is 106 cm³/mol. The molecule has 0 saturated carbocycles. The molecule has 24 heavy (non-hydrogen) atoms. The summed E-state index contributed by atoms with van der Waals surface area (Å²) < 4.78 is 1.21. The smallest absolute Gasteiger partial charge is 0.125 e. The van der Waals surface area contributed by atoms with Crippen molar-refractivity contribution in [2.45, 2.75) is 32.6 Å². The zero-order valence-electron chi connectivity index (χ0n) is 13.7. The van der Waals surface area contributed by atoms with Crippen molar-refractivity contribution in [3.63, 3.8) is 0 Å². The van der Waals surface area contributed by atoms with Gasteiger partial charge in [-0.3, -0.25) is 0 Å². The molecule has 3 heterocycles. The first-order valence-electron chi connectivity index (χ1n) is 8.23. The molecule has 4 rings (SSSR count). The van der Waals surface area contributed by atoms with Gasteiger partial charge in [0.2, 0.25) is 0 Å². The van der Waals surface area contributed by atoms with Crippen LogP contribution in [0.5, 0.6) is 0 Å². The maximum atomic E-state index is 4.56. The average Bonchev–Trinajstić information content (AvgIpc) is 3.21. The molecular formula is C19H19N3S2. The van der Waals surface area contributed by atoms with E-state index < -0.39 is 0 Å². The van der Waals surface area contributed by atoms with E-state index in [1.54, 1.807) is 11.3 Å². The van der Waals surface area contributed by atoms with E-state index in [-0.39, 0.29) is 0 Å². The predicted octanol–water partition coefficient (Wildman–Crippen LogP) is 6.55. The molecule has 0 aliphatic carbocycles. The van der Waals surface area contributed by atoms with Crippen molar-refractivity contribution in [1.82, 2.24) is 9.97 Å². The fraction of sp³-hybridized carbons (Fsp3) is 0.263. The maximum absolute atomic E-state index is 4.56. The number of thiazole rings is 1. The molecule has 4 aromatic rings. The largest absolute Gasteiger partial charge is 0.355 e. The van der Waals surface area contributed by atoms with Crippen molar-refractivity contribution in [3.05, 3.63) is 46.9 Å². The van der Waals surface area contributed by atoms with Gasteiger partial charge in [-0.2, -0.15) is 0 Å². The molecule has 0 fully saturated rings. The first kappa shape index (κ1) is 15.5. The van der Waals surface area contributed by atoms with E-state index in [0.717, 1.165) is 21.7 Å². The minimum Gasteiger partial charge on any atom is -0.355 e. The highest BCUT2D eigenvalue weighted by Crippen LogP contribution is 2.36. The zero-order valence-corrected chi connectivity index (χ0v) is 15.4. The second-order valence-corrected chi connectivity index (χ2v) is 8.02. The SMILES string of the molecule is CCCC(C)c1cc2c(Nc3ccc4scnc4c3)ccnc2s1. The third-order valence-electron chi connectivity index (χ3n) is 4.27. The zero-order chi connectivity index (χ0) is 16.5. The highest BCUT2D eigenvalue weighted by Gasteiger charge is 2.12. The Labute approximate surface area is 149 Å². The van der Waals surface area contributed by atoms with E-state index in [2.05, 4.69) is 59.5 Å². The van der Waals surface area contributed by atoms with Crippen LogP contribution in [0.25, 0.3) is 20.4 Å². The molecule has 1 unspecified atom stereocenters. The third kappa shape index (κ3) is 2.89. The van der Waals surface area contributed by atoms with Crippen LogP contribution in [0.1, 0.15) is 37.5 Å². The van der Waals surface area contributed by atoms with Gasteiger partial charge in [-0.05, 0) is 42.7 Å². The molecule has 3 nitrogen and oxygen atoms in total. The van der Waals surface area contributed by atoms with Gasteiger partial charge in [0.05, 0.1) is 21.4 Å². The van der Waals surface area contributed by atoms with Crippen LogP contribution >= 0.6 is 22.7 Å². The van der Waals surface area contributed by atoms with Crippen molar-refractivity contribution in [2.75, 3.05) is 5.32 Å².